The van der Waals surface area contributed by atoms with Crippen LogP contribution < -0.4 is 15.0 Å². The van der Waals surface area contributed by atoms with Gasteiger partial charge in [-0.2, -0.15) is 0 Å². The van der Waals surface area contributed by atoms with Gasteiger partial charge in [-0.05, 0) is 54.3 Å². The normalized spacial score (nSPS) is 10.6. The summed E-state index contributed by atoms with van der Waals surface area (Å²) in [5.41, 5.74) is 4.39. The highest BCUT2D eigenvalue weighted by atomic mass is 35.5. The summed E-state index contributed by atoms with van der Waals surface area (Å²) in [6, 6.07) is 20.8. The Morgan fingerprint density at radius 2 is 1.82 bits per heavy atom. The minimum Gasteiger partial charge on any atom is -0.482 e. The van der Waals surface area contributed by atoms with E-state index < -0.39 is 12.6 Å². The van der Waals surface area contributed by atoms with Crippen molar-refractivity contribution in [1.29, 1.82) is 0 Å². The standard InChI is InChI=1S/C27H29ClN2O4/c1-3-13-30(17-20-7-5-4-6-8-20)25-12-11-23(34-18-27(32)33)16-24(25)29-26(31)15-21-9-10-22(28)14-19(21)2/h4-12,14,16H,3,13,15,17-18H2,1-2H3,(H,29,31)(H,32,33). The molecule has 3 aromatic rings. The summed E-state index contributed by atoms with van der Waals surface area (Å²) in [5, 5.41) is 12.6. The molecular weight excluding hydrogens is 452 g/mol. The van der Waals surface area contributed by atoms with Crippen molar-refractivity contribution in [2.24, 2.45) is 0 Å². The van der Waals surface area contributed by atoms with E-state index in [2.05, 4.69) is 29.3 Å². The molecule has 3 aromatic carbocycles. The van der Waals surface area contributed by atoms with Crippen molar-refractivity contribution in [2.75, 3.05) is 23.4 Å². The Morgan fingerprint density at radius 1 is 1.06 bits per heavy atom. The summed E-state index contributed by atoms with van der Waals surface area (Å²) in [7, 11) is 0. The zero-order chi connectivity index (χ0) is 24.5. The Morgan fingerprint density at radius 3 is 2.50 bits per heavy atom. The Kier molecular flexibility index (Phi) is 8.93. The van der Waals surface area contributed by atoms with Crippen molar-refractivity contribution in [3.8, 4) is 5.75 Å². The highest BCUT2D eigenvalue weighted by molar-refractivity contribution is 6.30. The van der Waals surface area contributed by atoms with Crippen molar-refractivity contribution in [2.45, 2.75) is 33.2 Å². The molecule has 6 nitrogen and oxygen atoms in total. The molecule has 0 heterocycles. The molecule has 0 aromatic heterocycles. The van der Waals surface area contributed by atoms with E-state index in [1.165, 1.54) is 0 Å². The number of nitrogens with one attached hydrogen (secondary N) is 1. The topological polar surface area (TPSA) is 78.9 Å². The number of halogens is 1. The second kappa shape index (κ2) is 12.1. The summed E-state index contributed by atoms with van der Waals surface area (Å²) in [6.07, 6.45) is 1.11. The molecule has 0 aliphatic carbocycles. The van der Waals surface area contributed by atoms with Crippen LogP contribution in [0.1, 0.15) is 30.0 Å². The lowest BCUT2D eigenvalue weighted by atomic mass is 10.1. The number of ether oxygens (including phenoxy) is 1. The molecule has 0 aliphatic heterocycles. The molecule has 0 unspecified atom stereocenters. The quantitative estimate of drug-likeness (QED) is 0.367. The number of carboxylic acid groups (broad SMARTS) is 1. The van der Waals surface area contributed by atoms with Crippen molar-refractivity contribution in [1.82, 2.24) is 0 Å². The van der Waals surface area contributed by atoms with Crippen LogP contribution in [0, 0.1) is 6.92 Å². The van der Waals surface area contributed by atoms with Crippen LogP contribution in [0.4, 0.5) is 11.4 Å². The number of hydrogen-bond acceptors (Lipinski definition) is 4. The number of amides is 1. The van der Waals surface area contributed by atoms with Crippen LogP contribution in [0.5, 0.6) is 5.75 Å². The average Bonchev–Trinajstić information content (AvgIpc) is 2.80. The van der Waals surface area contributed by atoms with Gasteiger partial charge in [0.15, 0.2) is 6.61 Å². The second-order valence-electron chi connectivity index (χ2n) is 8.06. The SMILES string of the molecule is CCCN(Cc1ccccc1)c1ccc(OCC(=O)O)cc1NC(=O)Cc1ccc(Cl)cc1C. The summed E-state index contributed by atoms with van der Waals surface area (Å²) in [6.45, 7) is 5.01. The van der Waals surface area contributed by atoms with E-state index in [4.69, 9.17) is 21.4 Å². The van der Waals surface area contributed by atoms with Gasteiger partial charge in [-0.3, -0.25) is 4.79 Å². The van der Waals surface area contributed by atoms with Crippen LogP contribution in [0.15, 0.2) is 66.7 Å². The van der Waals surface area contributed by atoms with Gasteiger partial charge in [-0.25, -0.2) is 4.79 Å². The molecular formula is C27H29ClN2O4. The zero-order valence-corrected chi connectivity index (χ0v) is 20.1. The van der Waals surface area contributed by atoms with Gasteiger partial charge in [0.05, 0.1) is 17.8 Å². The molecule has 7 heteroatoms. The summed E-state index contributed by atoms with van der Waals surface area (Å²) in [4.78, 5) is 26.1. The van der Waals surface area contributed by atoms with Gasteiger partial charge in [-0.1, -0.05) is 54.9 Å². The van der Waals surface area contributed by atoms with Crippen LogP contribution >= 0.6 is 11.6 Å². The highest BCUT2D eigenvalue weighted by Crippen LogP contribution is 2.32. The molecule has 0 spiro atoms. The molecule has 1 amide bonds. The number of hydrogen-bond donors (Lipinski definition) is 2. The number of carbonyl (C=O) groups is 2. The Balaban J connectivity index is 1.89. The van der Waals surface area contributed by atoms with Crippen molar-refractivity contribution in [3.63, 3.8) is 0 Å². The molecule has 0 aliphatic rings. The minimum absolute atomic E-state index is 0.182. The number of benzene rings is 3. The molecule has 2 N–H and O–H groups in total. The second-order valence-corrected chi connectivity index (χ2v) is 8.50. The lowest BCUT2D eigenvalue weighted by Gasteiger charge is -2.27. The maximum absolute atomic E-state index is 13.0. The Labute approximate surface area is 205 Å². The lowest BCUT2D eigenvalue weighted by molar-refractivity contribution is -0.139. The maximum atomic E-state index is 13.0. The third-order valence-corrected chi connectivity index (χ3v) is 5.55. The van der Waals surface area contributed by atoms with Gasteiger partial charge in [-0.15, -0.1) is 0 Å². The molecule has 0 fully saturated rings. The fourth-order valence-electron chi connectivity index (χ4n) is 3.71. The number of aryl methyl sites for hydroxylation is 1. The summed E-state index contributed by atoms with van der Waals surface area (Å²) in [5.74, 6) is -0.872. The monoisotopic (exact) mass is 480 g/mol. The molecule has 0 atom stereocenters. The van der Waals surface area contributed by atoms with E-state index in [0.29, 0.717) is 23.0 Å². The first-order chi connectivity index (χ1) is 16.4. The van der Waals surface area contributed by atoms with Crippen LogP contribution in [0.25, 0.3) is 0 Å². The summed E-state index contributed by atoms with van der Waals surface area (Å²) >= 11 is 6.04. The lowest BCUT2D eigenvalue weighted by Crippen LogP contribution is -2.26. The molecule has 0 radical (unpaired) electrons. The third-order valence-electron chi connectivity index (χ3n) is 5.31. The fourth-order valence-corrected chi connectivity index (χ4v) is 3.94. The van der Waals surface area contributed by atoms with Crippen LogP contribution in [0.3, 0.4) is 0 Å². The minimum atomic E-state index is -1.07. The molecule has 0 saturated carbocycles. The molecule has 34 heavy (non-hydrogen) atoms. The van der Waals surface area contributed by atoms with Crippen LogP contribution in [0.2, 0.25) is 5.02 Å². The number of aliphatic carboxylic acids is 1. The van der Waals surface area contributed by atoms with Gasteiger partial charge in [0.1, 0.15) is 5.75 Å². The van der Waals surface area contributed by atoms with Crippen molar-refractivity contribution >= 4 is 34.9 Å². The number of carboxylic acids is 1. The largest absolute Gasteiger partial charge is 0.482 e. The predicted octanol–water partition coefficient (Wildman–Crippen LogP) is 5.71. The van der Waals surface area contributed by atoms with E-state index in [-0.39, 0.29) is 12.3 Å². The van der Waals surface area contributed by atoms with Gasteiger partial charge < -0.3 is 20.1 Å². The summed E-state index contributed by atoms with van der Waals surface area (Å²) < 4.78 is 5.37. The molecule has 0 bridgehead atoms. The zero-order valence-electron chi connectivity index (χ0n) is 19.4. The first-order valence-corrected chi connectivity index (χ1v) is 11.6. The number of nitrogens with zero attached hydrogens (tertiary/aromatic N) is 1. The Bertz CT molecular complexity index is 1130. The third kappa shape index (κ3) is 7.25. The van der Waals surface area contributed by atoms with Crippen LogP contribution in [-0.4, -0.2) is 30.1 Å². The van der Waals surface area contributed by atoms with Crippen LogP contribution in [-0.2, 0) is 22.6 Å². The van der Waals surface area contributed by atoms with Gasteiger partial charge in [0.25, 0.3) is 0 Å². The van der Waals surface area contributed by atoms with E-state index in [0.717, 1.165) is 35.3 Å². The van der Waals surface area contributed by atoms with Crippen molar-refractivity contribution in [3.05, 3.63) is 88.4 Å². The smallest absolute Gasteiger partial charge is 0.341 e. The van der Waals surface area contributed by atoms with E-state index in [1.807, 2.05) is 43.3 Å². The fraction of sp³-hybridized carbons (Fsp3) is 0.259. The first-order valence-electron chi connectivity index (χ1n) is 11.2. The molecule has 0 saturated heterocycles. The van der Waals surface area contributed by atoms with Gasteiger partial charge in [0, 0.05) is 24.2 Å². The van der Waals surface area contributed by atoms with E-state index >= 15 is 0 Å². The average molecular weight is 481 g/mol. The Hall–Kier alpha value is -3.51. The van der Waals surface area contributed by atoms with Gasteiger partial charge >= 0.3 is 5.97 Å². The highest BCUT2D eigenvalue weighted by Gasteiger charge is 2.16. The molecule has 3 rings (SSSR count). The first kappa shape index (κ1) is 25.1. The van der Waals surface area contributed by atoms with E-state index in [1.54, 1.807) is 18.2 Å². The number of carbonyl (C=O) groups excluding carboxylic acids is 1. The number of anilines is 2. The van der Waals surface area contributed by atoms with Gasteiger partial charge in [0.2, 0.25) is 5.91 Å². The number of rotatable bonds is 11. The van der Waals surface area contributed by atoms with E-state index in [9.17, 15) is 9.59 Å². The molecule has 178 valence electrons. The predicted molar refractivity (Wildman–Crippen MR) is 136 cm³/mol. The maximum Gasteiger partial charge on any atom is 0.341 e. The van der Waals surface area contributed by atoms with Crippen molar-refractivity contribution < 1.29 is 19.4 Å².